The summed E-state index contributed by atoms with van der Waals surface area (Å²) in [6.07, 6.45) is 0. The van der Waals surface area contributed by atoms with Crippen LogP contribution in [0.3, 0.4) is 0 Å². The second kappa shape index (κ2) is 7.74. The smallest absolute Gasteiger partial charge is 0.270 e. The van der Waals surface area contributed by atoms with Gasteiger partial charge in [0.1, 0.15) is 17.3 Å². The SMILES string of the molecule is CCOc1nc(C(=O)NCc2ccc([N+](=O)[O-])cc2)cc(N)c1C#N. The number of nitrogens with one attached hydrogen (secondary N) is 1. The number of benzene rings is 1. The maximum absolute atomic E-state index is 12.2. The summed E-state index contributed by atoms with van der Waals surface area (Å²) in [5.74, 6) is -0.499. The Morgan fingerprint density at radius 1 is 1.44 bits per heavy atom. The minimum Gasteiger partial charge on any atom is -0.477 e. The number of hydrogen-bond acceptors (Lipinski definition) is 7. The maximum atomic E-state index is 12.2. The topological polar surface area (TPSA) is 144 Å². The number of non-ortho nitro benzene ring substituents is 1. The van der Waals surface area contributed by atoms with Crippen LogP contribution in [0.1, 0.15) is 28.5 Å². The van der Waals surface area contributed by atoms with Gasteiger partial charge in [-0.2, -0.15) is 5.26 Å². The molecule has 2 rings (SSSR count). The van der Waals surface area contributed by atoms with Crippen LogP contribution in [0.15, 0.2) is 30.3 Å². The van der Waals surface area contributed by atoms with Crippen LogP contribution in [0.5, 0.6) is 5.88 Å². The lowest BCUT2D eigenvalue weighted by Gasteiger charge is -2.10. The average molecular weight is 341 g/mol. The molecule has 0 spiro atoms. The van der Waals surface area contributed by atoms with E-state index in [1.807, 2.05) is 6.07 Å². The number of nitro benzene ring substituents is 1. The van der Waals surface area contributed by atoms with E-state index in [0.717, 1.165) is 0 Å². The van der Waals surface area contributed by atoms with Crippen molar-refractivity contribution in [2.45, 2.75) is 13.5 Å². The van der Waals surface area contributed by atoms with E-state index < -0.39 is 10.8 Å². The van der Waals surface area contributed by atoms with Crippen LogP contribution >= 0.6 is 0 Å². The molecule has 0 bridgehead atoms. The first-order valence-corrected chi connectivity index (χ1v) is 7.31. The van der Waals surface area contributed by atoms with Gasteiger partial charge in [0.25, 0.3) is 11.6 Å². The van der Waals surface area contributed by atoms with E-state index in [1.165, 1.54) is 18.2 Å². The van der Waals surface area contributed by atoms with Crippen molar-refractivity contribution in [3.8, 4) is 11.9 Å². The second-order valence-electron chi connectivity index (χ2n) is 4.93. The number of nitriles is 1. The molecule has 0 atom stereocenters. The van der Waals surface area contributed by atoms with Gasteiger partial charge in [0, 0.05) is 18.7 Å². The Morgan fingerprint density at radius 2 is 2.12 bits per heavy atom. The van der Waals surface area contributed by atoms with E-state index in [2.05, 4.69) is 10.3 Å². The largest absolute Gasteiger partial charge is 0.477 e. The standard InChI is InChI=1S/C16H15N5O4/c1-2-25-16-12(8-17)13(18)7-14(20-16)15(22)19-9-10-3-5-11(6-4-10)21(23)24/h3-7H,2,9H2,1H3,(H2,18,20)(H,19,22). The maximum Gasteiger partial charge on any atom is 0.270 e. The Morgan fingerprint density at radius 3 is 2.68 bits per heavy atom. The minimum absolute atomic E-state index is 0.00508. The van der Waals surface area contributed by atoms with Crippen LogP contribution in [0, 0.1) is 21.4 Å². The minimum atomic E-state index is -0.504. The zero-order valence-corrected chi connectivity index (χ0v) is 13.4. The van der Waals surface area contributed by atoms with Crippen molar-refractivity contribution in [1.82, 2.24) is 10.3 Å². The monoisotopic (exact) mass is 341 g/mol. The molecule has 0 aliphatic rings. The van der Waals surface area contributed by atoms with Crippen LogP contribution in [0.25, 0.3) is 0 Å². The van der Waals surface area contributed by atoms with Gasteiger partial charge in [-0.05, 0) is 18.6 Å². The molecule has 0 fully saturated rings. The molecule has 0 aliphatic heterocycles. The van der Waals surface area contributed by atoms with Crippen LogP contribution in [-0.4, -0.2) is 22.4 Å². The first-order valence-electron chi connectivity index (χ1n) is 7.31. The zero-order chi connectivity index (χ0) is 18.4. The molecule has 0 aliphatic carbocycles. The number of anilines is 1. The van der Waals surface area contributed by atoms with Gasteiger partial charge in [0.05, 0.1) is 17.2 Å². The molecule has 3 N–H and O–H groups in total. The van der Waals surface area contributed by atoms with Gasteiger partial charge in [0.15, 0.2) is 0 Å². The van der Waals surface area contributed by atoms with Gasteiger partial charge in [-0.25, -0.2) is 4.98 Å². The third-order valence-electron chi connectivity index (χ3n) is 3.24. The normalized spacial score (nSPS) is 9.92. The Hall–Kier alpha value is -3.67. The first kappa shape index (κ1) is 17.7. The molecule has 0 radical (unpaired) electrons. The van der Waals surface area contributed by atoms with Crippen molar-refractivity contribution in [2.24, 2.45) is 0 Å². The molecular formula is C16H15N5O4. The number of carbonyl (C=O) groups excluding carboxylic acids is 1. The summed E-state index contributed by atoms with van der Waals surface area (Å²) < 4.78 is 5.24. The number of nitrogens with two attached hydrogens (primary N) is 1. The van der Waals surface area contributed by atoms with Crippen molar-refractivity contribution in [1.29, 1.82) is 5.26 Å². The highest BCUT2D eigenvalue weighted by Crippen LogP contribution is 2.22. The molecule has 0 saturated carbocycles. The fourth-order valence-corrected chi connectivity index (χ4v) is 2.02. The lowest BCUT2D eigenvalue weighted by Crippen LogP contribution is -2.24. The van der Waals surface area contributed by atoms with Crippen molar-refractivity contribution < 1.29 is 14.5 Å². The van der Waals surface area contributed by atoms with Crippen molar-refractivity contribution in [3.63, 3.8) is 0 Å². The molecule has 9 nitrogen and oxygen atoms in total. The number of nitrogens with zero attached hydrogens (tertiary/aromatic N) is 3. The highest BCUT2D eigenvalue weighted by Gasteiger charge is 2.16. The van der Waals surface area contributed by atoms with Crippen LogP contribution < -0.4 is 15.8 Å². The quantitative estimate of drug-likeness (QED) is 0.601. The van der Waals surface area contributed by atoms with Gasteiger partial charge in [0.2, 0.25) is 5.88 Å². The third kappa shape index (κ3) is 4.20. The summed E-state index contributed by atoms with van der Waals surface area (Å²) >= 11 is 0. The molecule has 2 aromatic rings. The highest BCUT2D eigenvalue weighted by atomic mass is 16.6. The summed E-state index contributed by atoms with van der Waals surface area (Å²) in [6, 6.07) is 8.99. The molecule has 0 saturated heterocycles. The van der Waals surface area contributed by atoms with Crippen LogP contribution in [-0.2, 0) is 6.54 Å². The highest BCUT2D eigenvalue weighted by molar-refractivity contribution is 5.93. The number of ether oxygens (including phenoxy) is 1. The van der Waals surface area contributed by atoms with E-state index in [-0.39, 0.29) is 41.7 Å². The van der Waals surface area contributed by atoms with Gasteiger partial charge in [-0.1, -0.05) is 12.1 Å². The Kier molecular flexibility index (Phi) is 5.47. The Balaban J connectivity index is 2.12. The number of carbonyl (C=O) groups is 1. The van der Waals surface area contributed by atoms with Crippen molar-refractivity contribution in [3.05, 3.63) is 57.3 Å². The summed E-state index contributed by atoms with van der Waals surface area (Å²) in [6.45, 7) is 2.15. The van der Waals surface area contributed by atoms with Crippen molar-refractivity contribution in [2.75, 3.05) is 12.3 Å². The van der Waals surface area contributed by atoms with Crippen LogP contribution in [0.4, 0.5) is 11.4 Å². The number of nitro groups is 1. The van der Waals surface area contributed by atoms with Gasteiger partial charge < -0.3 is 15.8 Å². The summed E-state index contributed by atoms with van der Waals surface area (Å²) in [4.78, 5) is 26.4. The molecule has 1 aromatic heterocycles. The van der Waals surface area contributed by atoms with E-state index in [0.29, 0.717) is 5.56 Å². The van der Waals surface area contributed by atoms with E-state index in [9.17, 15) is 14.9 Å². The average Bonchev–Trinajstić information content (AvgIpc) is 2.60. The molecular weight excluding hydrogens is 326 g/mol. The summed E-state index contributed by atoms with van der Waals surface area (Å²) in [7, 11) is 0. The molecule has 0 unspecified atom stereocenters. The number of rotatable bonds is 6. The predicted octanol–water partition coefficient (Wildman–Crippen LogP) is 1.77. The fraction of sp³-hybridized carbons (Fsp3) is 0.188. The van der Waals surface area contributed by atoms with Gasteiger partial charge >= 0.3 is 0 Å². The van der Waals surface area contributed by atoms with E-state index >= 15 is 0 Å². The van der Waals surface area contributed by atoms with Crippen molar-refractivity contribution >= 4 is 17.3 Å². The fourth-order valence-electron chi connectivity index (χ4n) is 2.02. The predicted molar refractivity (Wildman–Crippen MR) is 88.8 cm³/mol. The lowest BCUT2D eigenvalue weighted by atomic mass is 10.2. The number of hydrogen-bond donors (Lipinski definition) is 2. The van der Waals surface area contributed by atoms with Gasteiger partial charge in [-0.15, -0.1) is 0 Å². The number of amides is 1. The number of pyridine rings is 1. The molecule has 1 amide bonds. The number of nitrogen functional groups attached to an aromatic ring is 1. The van der Waals surface area contributed by atoms with E-state index in [1.54, 1.807) is 19.1 Å². The molecule has 9 heteroatoms. The molecule has 25 heavy (non-hydrogen) atoms. The number of aromatic nitrogens is 1. The third-order valence-corrected chi connectivity index (χ3v) is 3.24. The Labute approximate surface area is 143 Å². The molecule has 1 heterocycles. The molecule has 128 valence electrons. The summed E-state index contributed by atoms with van der Waals surface area (Å²) in [5.41, 5.74) is 6.61. The summed E-state index contributed by atoms with van der Waals surface area (Å²) in [5, 5.41) is 22.3. The first-order chi connectivity index (χ1) is 12.0. The Bertz CT molecular complexity index is 843. The second-order valence-corrected chi connectivity index (χ2v) is 4.93. The molecule has 1 aromatic carbocycles. The lowest BCUT2D eigenvalue weighted by molar-refractivity contribution is -0.384. The van der Waals surface area contributed by atoms with Crippen LogP contribution in [0.2, 0.25) is 0 Å². The van der Waals surface area contributed by atoms with Gasteiger partial charge in [-0.3, -0.25) is 14.9 Å². The zero-order valence-electron chi connectivity index (χ0n) is 13.4. The van der Waals surface area contributed by atoms with E-state index in [4.69, 9.17) is 15.7 Å².